The number of nitrogens with one attached hydrogen (secondary N) is 1. The minimum absolute atomic E-state index is 0.0548. The molecule has 0 aliphatic carbocycles. The zero-order valence-corrected chi connectivity index (χ0v) is 40.4. The van der Waals surface area contributed by atoms with Crippen LogP contribution < -0.4 is 5.32 Å². The molecule has 0 aromatic heterocycles. The highest BCUT2D eigenvalue weighted by molar-refractivity contribution is 7.47. The number of aliphatic hydroxyl groups excluding tert-OH is 1. The molecule has 3 N–H and O–H groups in total. The first kappa shape index (κ1) is 57.7. The van der Waals surface area contributed by atoms with Crippen LogP contribution >= 0.6 is 7.82 Å². The molecule has 0 aromatic rings. The van der Waals surface area contributed by atoms with E-state index in [9.17, 15) is 19.4 Å². The number of carbonyl (C=O) groups is 1. The smallest absolute Gasteiger partial charge is 0.387 e. The molecule has 0 rings (SSSR count). The molecular weight excluding hydrogens is 756 g/mol. The lowest BCUT2D eigenvalue weighted by atomic mass is 10.0. The summed E-state index contributed by atoms with van der Waals surface area (Å²) in [7, 11) is 1.55. The Labute approximate surface area is 366 Å². The Morgan fingerprint density at radius 3 is 1.36 bits per heavy atom. The normalized spacial score (nSPS) is 14.5. The summed E-state index contributed by atoms with van der Waals surface area (Å²) in [6.07, 6.45) is 52.3. The Kier molecular flexibility index (Phi) is 41.1. The summed E-state index contributed by atoms with van der Waals surface area (Å²) in [5, 5.41) is 13.8. The third kappa shape index (κ3) is 44.6. The fourth-order valence-corrected chi connectivity index (χ4v) is 7.87. The number of amides is 1. The molecule has 8 nitrogen and oxygen atoms in total. The van der Waals surface area contributed by atoms with E-state index in [-0.39, 0.29) is 19.1 Å². The first-order valence-electron chi connectivity index (χ1n) is 24.9. The van der Waals surface area contributed by atoms with Gasteiger partial charge in [-0.1, -0.05) is 211 Å². The average Bonchev–Trinajstić information content (AvgIpc) is 3.19. The molecule has 0 aliphatic heterocycles. The summed E-state index contributed by atoms with van der Waals surface area (Å²) in [6.45, 7) is 4.80. The molecule has 0 spiro atoms. The van der Waals surface area contributed by atoms with E-state index in [4.69, 9.17) is 9.05 Å². The Morgan fingerprint density at radius 2 is 0.932 bits per heavy atom. The van der Waals surface area contributed by atoms with Crippen LogP contribution in [0.5, 0.6) is 0 Å². The molecule has 3 unspecified atom stereocenters. The van der Waals surface area contributed by atoms with Crippen LogP contribution in [-0.4, -0.2) is 73.4 Å². The maximum atomic E-state index is 12.9. The van der Waals surface area contributed by atoms with Crippen LogP contribution in [0, 0.1) is 0 Å². The van der Waals surface area contributed by atoms with Crippen molar-refractivity contribution in [3.8, 4) is 0 Å². The van der Waals surface area contributed by atoms with Gasteiger partial charge in [0.25, 0.3) is 0 Å². The lowest BCUT2D eigenvalue weighted by molar-refractivity contribution is -0.870. The summed E-state index contributed by atoms with van der Waals surface area (Å²) >= 11 is 0. The van der Waals surface area contributed by atoms with Crippen molar-refractivity contribution in [2.75, 3.05) is 40.9 Å². The van der Waals surface area contributed by atoms with Crippen molar-refractivity contribution in [2.45, 2.75) is 238 Å². The van der Waals surface area contributed by atoms with Gasteiger partial charge in [-0.15, -0.1) is 0 Å². The fraction of sp³-hybridized carbons (Fsp3) is 0.860. The average molecular weight is 854 g/mol. The lowest BCUT2D eigenvalue weighted by Gasteiger charge is -2.25. The third-order valence-electron chi connectivity index (χ3n) is 11.1. The van der Waals surface area contributed by atoms with Crippen LogP contribution in [0.15, 0.2) is 36.5 Å². The second kappa shape index (κ2) is 42.0. The molecule has 0 fully saturated rings. The van der Waals surface area contributed by atoms with Crippen molar-refractivity contribution in [1.29, 1.82) is 0 Å². The summed E-state index contributed by atoms with van der Waals surface area (Å²) in [4.78, 5) is 23.2. The molecule has 0 saturated heterocycles. The van der Waals surface area contributed by atoms with Crippen LogP contribution in [0.4, 0.5) is 0 Å². The number of likely N-dealkylation sites (N-methyl/N-ethyl adjacent to an activating group) is 1. The zero-order valence-electron chi connectivity index (χ0n) is 39.5. The van der Waals surface area contributed by atoms with E-state index < -0.39 is 20.0 Å². The molecule has 0 radical (unpaired) electrons. The second-order valence-electron chi connectivity index (χ2n) is 18.2. The monoisotopic (exact) mass is 854 g/mol. The van der Waals surface area contributed by atoms with E-state index in [1.165, 1.54) is 161 Å². The van der Waals surface area contributed by atoms with Crippen molar-refractivity contribution >= 4 is 13.7 Å². The Morgan fingerprint density at radius 1 is 0.559 bits per heavy atom. The van der Waals surface area contributed by atoms with Crippen LogP contribution in [-0.2, 0) is 18.4 Å². The number of rotatable bonds is 45. The first-order valence-corrected chi connectivity index (χ1v) is 26.4. The van der Waals surface area contributed by atoms with Gasteiger partial charge in [0.1, 0.15) is 13.2 Å². The maximum absolute atomic E-state index is 12.9. The Bertz CT molecular complexity index is 1060. The van der Waals surface area contributed by atoms with E-state index in [1.807, 2.05) is 27.2 Å². The van der Waals surface area contributed by atoms with E-state index in [2.05, 4.69) is 43.5 Å². The standard InChI is InChI=1S/C50H97N2O6P/c1-6-8-10-12-14-16-18-20-22-23-24-25-26-27-28-30-31-33-35-37-39-41-43-49(53)48(47-58-59(55,56)57-46-45-52(3,4)5)51-50(54)44-42-40-38-36-34-32-29-21-19-17-15-13-11-9-7-2/h27-28,33,35,41,43,48-49,53H,6-26,29-32,34,36-40,42,44-47H2,1-5H3,(H-,51,54,55,56)/p+1/b28-27+,35-33+,43-41+. The van der Waals surface area contributed by atoms with Gasteiger partial charge in [-0.3, -0.25) is 13.8 Å². The van der Waals surface area contributed by atoms with Gasteiger partial charge < -0.3 is 19.8 Å². The van der Waals surface area contributed by atoms with Gasteiger partial charge in [-0.2, -0.15) is 0 Å². The first-order chi connectivity index (χ1) is 28.5. The molecule has 0 saturated carbocycles. The van der Waals surface area contributed by atoms with Crippen molar-refractivity contribution in [1.82, 2.24) is 5.32 Å². The minimum atomic E-state index is -4.35. The molecule has 348 valence electrons. The number of carbonyl (C=O) groups excluding carboxylic acids is 1. The second-order valence-corrected chi connectivity index (χ2v) is 19.6. The van der Waals surface area contributed by atoms with Crippen molar-refractivity contribution in [2.24, 2.45) is 0 Å². The molecule has 0 heterocycles. The SMILES string of the molecule is CCCCCCCCCCCCCC/C=C/CC/C=C/CC/C=C/C(O)C(COP(=O)(O)OCC[N+](C)(C)C)NC(=O)CCCCCCCCCCCCCCCCC. The Hall–Kier alpha value is -1.28. The van der Waals surface area contributed by atoms with E-state index >= 15 is 0 Å². The van der Waals surface area contributed by atoms with Gasteiger partial charge in [-0.05, 0) is 44.9 Å². The molecular formula is C50H98N2O6P+. The number of nitrogens with zero attached hydrogens (tertiary/aromatic N) is 1. The quantitative estimate of drug-likeness (QED) is 0.0244. The summed E-state index contributed by atoms with van der Waals surface area (Å²) in [5.41, 5.74) is 0. The predicted molar refractivity (Wildman–Crippen MR) is 254 cm³/mol. The van der Waals surface area contributed by atoms with Gasteiger partial charge in [0.2, 0.25) is 5.91 Å². The summed E-state index contributed by atoms with van der Waals surface area (Å²) < 4.78 is 23.6. The van der Waals surface area contributed by atoms with Crippen molar-refractivity contribution < 1.29 is 32.9 Å². The molecule has 0 aromatic carbocycles. The van der Waals surface area contributed by atoms with Gasteiger partial charge >= 0.3 is 7.82 Å². The van der Waals surface area contributed by atoms with Crippen LogP contribution in [0.25, 0.3) is 0 Å². The predicted octanol–water partition coefficient (Wildman–Crippen LogP) is 14.3. The molecule has 0 aliphatic rings. The number of hydrogen-bond donors (Lipinski definition) is 3. The van der Waals surface area contributed by atoms with E-state index in [0.717, 1.165) is 44.9 Å². The third-order valence-corrected chi connectivity index (χ3v) is 12.1. The largest absolute Gasteiger partial charge is 0.472 e. The zero-order chi connectivity index (χ0) is 43.6. The minimum Gasteiger partial charge on any atom is -0.387 e. The molecule has 3 atom stereocenters. The van der Waals surface area contributed by atoms with Crippen LogP contribution in [0.2, 0.25) is 0 Å². The molecule has 9 heteroatoms. The topological polar surface area (TPSA) is 105 Å². The lowest BCUT2D eigenvalue weighted by Crippen LogP contribution is -2.45. The summed E-state index contributed by atoms with van der Waals surface area (Å²) in [6, 6.07) is -0.866. The number of allylic oxidation sites excluding steroid dienone is 5. The van der Waals surface area contributed by atoms with Gasteiger partial charge in [0, 0.05) is 6.42 Å². The van der Waals surface area contributed by atoms with Crippen molar-refractivity contribution in [3.05, 3.63) is 36.5 Å². The number of quaternary nitrogens is 1. The molecule has 1 amide bonds. The maximum Gasteiger partial charge on any atom is 0.472 e. The molecule has 59 heavy (non-hydrogen) atoms. The highest BCUT2D eigenvalue weighted by atomic mass is 31.2. The highest BCUT2D eigenvalue weighted by Crippen LogP contribution is 2.43. The van der Waals surface area contributed by atoms with Gasteiger partial charge in [-0.25, -0.2) is 4.57 Å². The van der Waals surface area contributed by atoms with E-state index in [0.29, 0.717) is 17.4 Å². The fourth-order valence-electron chi connectivity index (χ4n) is 7.13. The number of phosphoric ester groups is 1. The Balaban J connectivity index is 4.40. The number of aliphatic hydroxyl groups is 1. The summed E-state index contributed by atoms with van der Waals surface area (Å²) in [5.74, 6) is -0.189. The number of hydrogen-bond acceptors (Lipinski definition) is 5. The number of unbranched alkanes of at least 4 members (excludes halogenated alkanes) is 28. The van der Waals surface area contributed by atoms with Crippen LogP contribution in [0.1, 0.15) is 226 Å². The van der Waals surface area contributed by atoms with Gasteiger partial charge in [0.15, 0.2) is 0 Å². The number of phosphoric acid groups is 1. The van der Waals surface area contributed by atoms with Crippen LogP contribution in [0.3, 0.4) is 0 Å². The molecule has 0 bridgehead atoms. The highest BCUT2D eigenvalue weighted by Gasteiger charge is 2.27. The van der Waals surface area contributed by atoms with E-state index in [1.54, 1.807) is 6.08 Å². The van der Waals surface area contributed by atoms with Gasteiger partial charge in [0.05, 0.1) is 39.9 Å². The van der Waals surface area contributed by atoms with Crippen molar-refractivity contribution in [3.63, 3.8) is 0 Å².